The number of carbonyl (C=O) groups is 1. The van der Waals surface area contributed by atoms with Crippen LogP contribution in [0.1, 0.15) is 33.1 Å². The summed E-state index contributed by atoms with van der Waals surface area (Å²) < 4.78 is 0. The minimum atomic E-state index is -1.54. The van der Waals surface area contributed by atoms with E-state index in [-0.39, 0.29) is 6.42 Å². The van der Waals surface area contributed by atoms with Gasteiger partial charge in [0, 0.05) is 6.42 Å². The van der Waals surface area contributed by atoms with Crippen LogP contribution < -0.4 is 0 Å². The number of carboxylic acid groups (broad SMARTS) is 1. The van der Waals surface area contributed by atoms with Crippen LogP contribution in [0.25, 0.3) is 0 Å². The Hall–Kier alpha value is -0.610. The maximum atomic E-state index is 10.8. The third kappa shape index (κ3) is 2.46. The van der Waals surface area contributed by atoms with Crippen LogP contribution in [-0.2, 0) is 4.79 Å². The molecule has 72 valence electrons. The second-order valence-corrected chi connectivity index (χ2v) is 2.98. The molecule has 0 aromatic rings. The lowest BCUT2D eigenvalue weighted by Gasteiger charge is -2.27. The first-order chi connectivity index (χ1) is 5.48. The van der Waals surface area contributed by atoms with Crippen molar-refractivity contribution >= 4 is 5.97 Å². The predicted octanol–water partition coefficient (Wildman–Crippen LogP) is 0.578. The van der Waals surface area contributed by atoms with Crippen molar-refractivity contribution in [3.05, 3.63) is 0 Å². The largest absolute Gasteiger partial charge is 0.481 e. The molecule has 0 spiro atoms. The highest BCUT2D eigenvalue weighted by Crippen LogP contribution is 2.31. The summed E-state index contributed by atoms with van der Waals surface area (Å²) in [5, 5.41) is 26.2. The van der Waals surface area contributed by atoms with E-state index < -0.39 is 17.7 Å². The summed E-state index contributed by atoms with van der Waals surface area (Å²) in [6.45, 7) is 3.47. The van der Waals surface area contributed by atoms with Crippen LogP contribution in [-0.4, -0.2) is 27.6 Å². The Bertz CT molecular complexity index is 149. The van der Waals surface area contributed by atoms with Crippen LogP contribution in [0.3, 0.4) is 0 Å². The molecule has 0 fully saturated rings. The first-order valence-electron chi connectivity index (χ1n) is 4.08. The van der Waals surface area contributed by atoms with E-state index in [2.05, 4.69) is 0 Å². The van der Waals surface area contributed by atoms with Gasteiger partial charge in [-0.1, -0.05) is 13.8 Å². The molecule has 0 aromatic carbocycles. The van der Waals surface area contributed by atoms with Crippen molar-refractivity contribution in [2.75, 3.05) is 0 Å². The monoisotopic (exact) mass is 176 g/mol. The molecule has 0 radical (unpaired) electrons. The summed E-state index contributed by atoms with van der Waals surface area (Å²) in [6.07, 6.45) is -0.816. The number of hydrogen-bond acceptors (Lipinski definition) is 3. The van der Waals surface area contributed by atoms with Crippen LogP contribution in [0.2, 0.25) is 0 Å². The van der Waals surface area contributed by atoms with Crippen molar-refractivity contribution in [2.24, 2.45) is 5.41 Å². The Balaban J connectivity index is 4.46. The van der Waals surface area contributed by atoms with E-state index in [1.807, 2.05) is 0 Å². The molecule has 0 heterocycles. The van der Waals surface area contributed by atoms with Crippen LogP contribution >= 0.6 is 0 Å². The minimum absolute atomic E-state index is 0.102. The zero-order valence-corrected chi connectivity index (χ0v) is 7.45. The first-order valence-corrected chi connectivity index (χ1v) is 4.08. The van der Waals surface area contributed by atoms with E-state index in [0.29, 0.717) is 12.8 Å². The van der Waals surface area contributed by atoms with Gasteiger partial charge in [0.1, 0.15) is 0 Å². The van der Waals surface area contributed by atoms with E-state index >= 15 is 0 Å². The van der Waals surface area contributed by atoms with Gasteiger partial charge in [0.2, 0.25) is 0 Å². The maximum absolute atomic E-state index is 10.8. The van der Waals surface area contributed by atoms with E-state index in [1.54, 1.807) is 13.8 Å². The number of aliphatic hydroxyl groups excluding tert-OH is 1. The van der Waals surface area contributed by atoms with Gasteiger partial charge in [0.15, 0.2) is 6.29 Å². The fourth-order valence-corrected chi connectivity index (χ4v) is 1.28. The molecule has 0 atom stereocenters. The SMILES string of the molecule is CCC(CC)(CC(O)O)C(=O)O. The van der Waals surface area contributed by atoms with Gasteiger partial charge in [0.25, 0.3) is 0 Å². The van der Waals surface area contributed by atoms with Gasteiger partial charge >= 0.3 is 5.97 Å². The van der Waals surface area contributed by atoms with Gasteiger partial charge in [-0.05, 0) is 12.8 Å². The van der Waals surface area contributed by atoms with Crippen LogP contribution in [0.15, 0.2) is 0 Å². The molecule has 0 amide bonds. The van der Waals surface area contributed by atoms with E-state index in [0.717, 1.165) is 0 Å². The lowest BCUT2D eigenvalue weighted by molar-refractivity contribution is -0.157. The molecule has 0 unspecified atom stereocenters. The second kappa shape index (κ2) is 4.42. The van der Waals surface area contributed by atoms with E-state index in [9.17, 15) is 4.79 Å². The van der Waals surface area contributed by atoms with E-state index in [4.69, 9.17) is 15.3 Å². The number of aliphatic carboxylic acids is 1. The minimum Gasteiger partial charge on any atom is -0.481 e. The van der Waals surface area contributed by atoms with Crippen molar-refractivity contribution in [3.63, 3.8) is 0 Å². The first kappa shape index (κ1) is 11.4. The fourth-order valence-electron chi connectivity index (χ4n) is 1.28. The molecule has 4 heteroatoms. The molecule has 0 aromatic heterocycles. The van der Waals surface area contributed by atoms with Crippen molar-refractivity contribution in [1.82, 2.24) is 0 Å². The Morgan fingerprint density at radius 2 is 1.75 bits per heavy atom. The number of aliphatic hydroxyl groups is 2. The van der Waals surface area contributed by atoms with Gasteiger partial charge in [-0.3, -0.25) is 4.79 Å². The zero-order valence-electron chi connectivity index (χ0n) is 7.45. The summed E-state index contributed by atoms with van der Waals surface area (Å²) in [4.78, 5) is 10.8. The van der Waals surface area contributed by atoms with Crippen molar-refractivity contribution < 1.29 is 20.1 Å². The van der Waals surface area contributed by atoms with Crippen LogP contribution in [0, 0.1) is 5.41 Å². The smallest absolute Gasteiger partial charge is 0.309 e. The highest BCUT2D eigenvalue weighted by atomic mass is 16.5. The normalized spacial score (nSPS) is 12.1. The predicted molar refractivity (Wildman–Crippen MR) is 43.5 cm³/mol. The average Bonchev–Trinajstić information content (AvgIpc) is 1.99. The highest BCUT2D eigenvalue weighted by molar-refractivity contribution is 5.74. The van der Waals surface area contributed by atoms with Gasteiger partial charge in [-0.15, -0.1) is 0 Å². The standard InChI is InChI=1S/C8H16O4/c1-3-8(4-2,7(11)12)5-6(9)10/h6,9-10H,3-5H2,1-2H3,(H,11,12). The summed E-state index contributed by atoms with van der Waals surface area (Å²) in [5.41, 5.74) is -0.978. The molecular formula is C8H16O4. The van der Waals surface area contributed by atoms with E-state index in [1.165, 1.54) is 0 Å². The van der Waals surface area contributed by atoms with Crippen molar-refractivity contribution in [2.45, 2.75) is 39.4 Å². The number of hydrogen-bond donors (Lipinski definition) is 3. The molecule has 4 nitrogen and oxygen atoms in total. The Kier molecular flexibility index (Phi) is 4.20. The zero-order chi connectivity index (χ0) is 9.78. The highest BCUT2D eigenvalue weighted by Gasteiger charge is 2.36. The lowest BCUT2D eigenvalue weighted by atomic mass is 9.79. The van der Waals surface area contributed by atoms with Gasteiger partial charge in [-0.25, -0.2) is 0 Å². The Morgan fingerprint density at radius 3 is 1.83 bits per heavy atom. The quantitative estimate of drug-likeness (QED) is 0.535. The third-order valence-electron chi connectivity index (χ3n) is 2.38. The number of rotatable bonds is 5. The maximum Gasteiger partial charge on any atom is 0.309 e. The molecule has 0 aliphatic heterocycles. The van der Waals surface area contributed by atoms with Crippen LogP contribution in [0.4, 0.5) is 0 Å². The molecular weight excluding hydrogens is 160 g/mol. The topological polar surface area (TPSA) is 77.8 Å². The molecule has 0 bridgehead atoms. The molecule has 0 saturated carbocycles. The summed E-state index contributed by atoms with van der Waals surface area (Å²) >= 11 is 0. The third-order valence-corrected chi connectivity index (χ3v) is 2.38. The molecule has 0 rings (SSSR count). The molecule has 3 N–H and O–H groups in total. The van der Waals surface area contributed by atoms with Crippen molar-refractivity contribution in [1.29, 1.82) is 0 Å². The summed E-state index contributed by atoms with van der Waals surface area (Å²) in [5.74, 6) is -0.958. The number of carboxylic acids is 1. The lowest BCUT2D eigenvalue weighted by Crippen LogP contribution is -2.33. The molecule has 0 aliphatic rings. The van der Waals surface area contributed by atoms with Gasteiger partial charge < -0.3 is 15.3 Å². The molecule has 0 aliphatic carbocycles. The molecule has 0 saturated heterocycles. The fraction of sp³-hybridized carbons (Fsp3) is 0.875. The Labute approximate surface area is 71.8 Å². The summed E-state index contributed by atoms with van der Waals surface area (Å²) in [6, 6.07) is 0. The second-order valence-electron chi connectivity index (χ2n) is 2.98. The van der Waals surface area contributed by atoms with Crippen molar-refractivity contribution in [3.8, 4) is 0 Å². The van der Waals surface area contributed by atoms with Crippen LogP contribution in [0.5, 0.6) is 0 Å². The summed E-state index contributed by atoms with van der Waals surface area (Å²) in [7, 11) is 0. The van der Waals surface area contributed by atoms with Gasteiger partial charge in [-0.2, -0.15) is 0 Å². The Morgan fingerprint density at radius 1 is 1.33 bits per heavy atom. The molecule has 12 heavy (non-hydrogen) atoms. The average molecular weight is 176 g/mol. The van der Waals surface area contributed by atoms with Gasteiger partial charge in [0.05, 0.1) is 5.41 Å².